The molecule has 102 valence electrons. The molecule has 4 heteroatoms. The van der Waals surface area contributed by atoms with Crippen molar-refractivity contribution in [3.8, 4) is 0 Å². The molecule has 0 fully saturated rings. The second-order valence-electron chi connectivity index (χ2n) is 4.61. The summed E-state index contributed by atoms with van der Waals surface area (Å²) in [6.45, 7) is 4.24. The minimum Gasteiger partial charge on any atom is -0.425 e. The molecule has 4 nitrogen and oxygen atoms in total. The van der Waals surface area contributed by atoms with Gasteiger partial charge in [-0.15, -0.1) is 10.2 Å². The van der Waals surface area contributed by atoms with Crippen molar-refractivity contribution in [1.29, 1.82) is 0 Å². The molecule has 19 heavy (non-hydrogen) atoms. The summed E-state index contributed by atoms with van der Waals surface area (Å²) in [5, 5.41) is 11.5. The van der Waals surface area contributed by atoms with Gasteiger partial charge in [-0.1, -0.05) is 37.3 Å². The zero-order valence-electron chi connectivity index (χ0n) is 11.4. The van der Waals surface area contributed by atoms with Crippen molar-refractivity contribution in [2.24, 2.45) is 0 Å². The molecule has 1 aromatic carbocycles. The van der Waals surface area contributed by atoms with E-state index in [-0.39, 0.29) is 0 Å². The number of hydrogen-bond acceptors (Lipinski definition) is 4. The van der Waals surface area contributed by atoms with E-state index in [2.05, 4.69) is 34.6 Å². The summed E-state index contributed by atoms with van der Waals surface area (Å²) in [5.41, 5.74) is 1.20. The van der Waals surface area contributed by atoms with Crippen molar-refractivity contribution < 1.29 is 4.42 Å². The van der Waals surface area contributed by atoms with Crippen molar-refractivity contribution >= 4 is 0 Å². The maximum Gasteiger partial charge on any atom is 0.220 e. The van der Waals surface area contributed by atoms with E-state index in [1.807, 2.05) is 18.2 Å². The van der Waals surface area contributed by atoms with E-state index in [0.29, 0.717) is 12.3 Å². The van der Waals surface area contributed by atoms with Gasteiger partial charge < -0.3 is 9.73 Å². The third kappa shape index (κ3) is 4.83. The van der Waals surface area contributed by atoms with Gasteiger partial charge in [0.05, 0.1) is 6.42 Å². The van der Waals surface area contributed by atoms with Gasteiger partial charge in [-0.05, 0) is 31.5 Å². The second-order valence-corrected chi connectivity index (χ2v) is 4.61. The minimum atomic E-state index is 0.697. The van der Waals surface area contributed by atoms with Crippen molar-refractivity contribution in [3.63, 3.8) is 0 Å². The van der Waals surface area contributed by atoms with Gasteiger partial charge in [0.15, 0.2) is 0 Å². The molecule has 0 aliphatic heterocycles. The fraction of sp³-hybridized carbons (Fsp3) is 0.467. The van der Waals surface area contributed by atoms with E-state index >= 15 is 0 Å². The molecule has 1 heterocycles. The van der Waals surface area contributed by atoms with E-state index in [1.54, 1.807) is 0 Å². The van der Waals surface area contributed by atoms with Gasteiger partial charge in [0.1, 0.15) is 0 Å². The number of nitrogens with zero attached hydrogens (tertiary/aromatic N) is 2. The molecule has 2 aromatic rings. The molecule has 0 atom stereocenters. The van der Waals surface area contributed by atoms with Crippen molar-refractivity contribution in [1.82, 2.24) is 15.5 Å². The molecule has 0 aliphatic rings. The first-order valence-corrected chi connectivity index (χ1v) is 6.94. The van der Waals surface area contributed by atoms with Crippen LogP contribution < -0.4 is 5.32 Å². The van der Waals surface area contributed by atoms with Gasteiger partial charge >= 0.3 is 0 Å². The molecule has 1 N–H and O–H groups in total. The van der Waals surface area contributed by atoms with Crippen LogP contribution in [0.4, 0.5) is 0 Å². The fourth-order valence-corrected chi connectivity index (χ4v) is 1.90. The summed E-state index contributed by atoms with van der Waals surface area (Å²) in [7, 11) is 0. The van der Waals surface area contributed by atoms with Crippen molar-refractivity contribution in [2.45, 2.75) is 32.6 Å². The lowest BCUT2D eigenvalue weighted by Gasteiger charge is -1.99. The van der Waals surface area contributed by atoms with Gasteiger partial charge in [-0.25, -0.2) is 0 Å². The average molecular weight is 259 g/mol. The third-order valence-corrected chi connectivity index (χ3v) is 2.88. The molecule has 0 unspecified atom stereocenters. The van der Waals surface area contributed by atoms with Gasteiger partial charge in [-0.3, -0.25) is 0 Å². The van der Waals surface area contributed by atoms with E-state index in [1.165, 1.54) is 12.0 Å². The van der Waals surface area contributed by atoms with E-state index in [4.69, 9.17) is 4.42 Å². The van der Waals surface area contributed by atoms with Crippen LogP contribution in [0, 0.1) is 0 Å². The lowest BCUT2D eigenvalue weighted by Crippen LogP contribution is -2.16. The molecule has 0 saturated heterocycles. The SMILES string of the molecule is CCCNCCCc1nnc(Cc2ccccc2)o1. The highest BCUT2D eigenvalue weighted by Gasteiger charge is 2.06. The maximum absolute atomic E-state index is 5.64. The Morgan fingerprint density at radius 1 is 1.05 bits per heavy atom. The maximum atomic E-state index is 5.64. The van der Waals surface area contributed by atoms with Crippen LogP contribution in [0.2, 0.25) is 0 Å². The molecule has 2 rings (SSSR count). The minimum absolute atomic E-state index is 0.697. The van der Waals surface area contributed by atoms with Gasteiger partial charge in [0.25, 0.3) is 0 Å². The molecule has 0 saturated carbocycles. The van der Waals surface area contributed by atoms with Crippen molar-refractivity contribution in [3.05, 3.63) is 47.7 Å². The molecular weight excluding hydrogens is 238 g/mol. The average Bonchev–Trinajstić information content (AvgIpc) is 2.87. The Balaban J connectivity index is 1.76. The highest BCUT2D eigenvalue weighted by molar-refractivity contribution is 5.17. The molecule has 0 spiro atoms. The predicted octanol–water partition coefficient (Wildman–Crippen LogP) is 2.59. The Morgan fingerprint density at radius 2 is 1.84 bits per heavy atom. The topological polar surface area (TPSA) is 51.0 Å². The highest BCUT2D eigenvalue weighted by Crippen LogP contribution is 2.09. The fourth-order valence-electron chi connectivity index (χ4n) is 1.90. The summed E-state index contributed by atoms with van der Waals surface area (Å²) in [6.07, 6.45) is 3.76. The first kappa shape index (κ1) is 13.7. The van der Waals surface area contributed by atoms with E-state index < -0.39 is 0 Å². The summed E-state index contributed by atoms with van der Waals surface area (Å²) < 4.78 is 5.64. The zero-order valence-corrected chi connectivity index (χ0v) is 11.4. The number of aromatic nitrogens is 2. The Morgan fingerprint density at radius 3 is 2.63 bits per heavy atom. The van der Waals surface area contributed by atoms with Crippen LogP contribution in [-0.4, -0.2) is 23.3 Å². The van der Waals surface area contributed by atoms with Gasteiger partial charge in [0.2, 0.25) is 11.8 Å². The van der Waals surface area contributed by atoms with Crippen LogP contribution in [-0.2, 0) is 12.8 Å². The zero-order chi connectivity index (χ0) is 13.3. The van der Waals surface area contributed by atoms with Crippen LogP contribution in [0.5, 0.6) is 0 Å². The molecule has 1 aromatic heterocycles. The molecular formula is C15H21N3O. The smallest absolute Gasteiger partial charge is 0.220 e. The van der Waals surface area contributed by atoms with Gasteiger partial charge in [-0.2, -0.15) is 0 Å². The standard InChI is InChI=1S/C15H21N3O/c1-2-10-16-11-6-9-14-17-18-15(19-14)12-13-7-4-3-5-8-13/h3-5,7-8,16H,2,6,9-12H2,1H3. The van der Waals surface area contributed by atoms with Crippen molar-refractivity contribution in [2.75, 3.05) is 13.1 Å². The van der Waals surface area contributed by atoms with Crippen LogP contribution in [0.1, 0.15) is 37.1 Å². The lowest BCUT2D eigenvalue weighted by molar-refractivity contribution is 0.449. The number of aryl methyl sites for hydroxylation is 1. The molecule has 0 bridgehead atoms. The number of nitrogens with one attached hydrogen (secondary N) is 1. The number of hydrogen-bond donors (Lipinski definition) is 1. The highest BCUT2D eigenvalue weighted by atomic mass is 16.4. The first-order valence-electron chi connectivity index (χ1n) is 6.94. The van der Waals surface area contributed by atoms with E-state index in [9.17, 15) is 0 Å². The van der Waals surface area contributed by atoms with Crippen LogP contribution in [0.15, 0.2) is 34.7 Å². The predicted molar refractivity (Wildman–Crippen MR) is 75.0 cm³/mol. The summed E-state index contributed by atoms with van der Waals surface area (Å²) in [4.78, 5) is 0. The largest absolute Gasteiger partial charge is 0.425 e. The Labute approximate surface area is 114 Å². The molecule has 0 radical (unpaired) electrons. The third-order valence-electron chi connectivity index (χ3n) is 2.88. The first-order chi connectivity index (χ1) is 9.38. The Bertz CT molecular complexity index is 467. The summed E-state index contributed by atoms with van der Waals surface area (Å²) in [6, 6.07) is 10.2. The van der Waals surface area contributed by atoms with Crippen LogP contribution >= 0.6 is 0 Å². The Kier molecular flexibility index (Phi) is 5.56. The number of benzene rings is 1. The van der Waals surface area contributed by atoms with Gasteiger partial charge in [0, 0.05) is 6.42 Å². The second kappa shape index (κ2) is 7.69. The lowest BCUT2D eigenvalue weighted by atomic mass is 10.2. The normalized spacial score (nSPS) is 10.8. The quantitative estimate of drug-likeness (QED) is 0.740. The summed E-state index contributed by atoms with van der Waals surface area (Å²) in [5.74, 6) is 1.44. The van der Waals surface area contributed by atoms with E-state index in [0.717, 1.165) is 31.8 Å². The molecule has 0 amide bonds. The monoisotopic (exact) mass is 259 g/mol. The number of rotatable bonds is 8. The molecule has 0 aliphatic carbocycles. The van der Waals surface area contributed by atoms with Crippen LogP contribution in [0.25, 0.3) is 0 Å². The summed E-state index contributed by atoms with van der Waals surface area (Å²) >= 11 is 0. The van der Waals surface area contributed by atoms with Crippen LogP contribution in [0.3, 0.4) is 0 Å². The Hall–Kier alpha value is -1.68.